The Balaban J connectivity index is 0.941. The van der Waals surface area contributed by atoms with Crippen LogP contribution in [0.2, 0.25) is 0 Å². The first-order valence-corrected chi connectivity index (χ1v) is 25.6. The van der Waals surface area contributed by atoms with Crippen molar-refractivity contribution in [2.24, 2.45) is 0 Å². The Morgan fingerprint density at radius 3 is 1.11 bits per heavy atom. The van der Waals surface area contributed by atoms with Gasteiger partial charge in [-0.3, -0.25) is 4.57 Å². The standard InChI is InChI=1S/C70H45N5/c1-6-18-46(19-7-1)50-30-35-64-57(40-50)58-42-52(32-36-65(58)74(64)55-34-39-66-61(44-55)56-28-16-17-29-63(56)73(66)54-26-14-5-15-27-54)53-33-38-68-60(43-53)59-41-51(47-20-8-2-9-21-47)31-37-67(59)75(68)69-45-62(48-22-10-3-11-23-48)71-70(72-69)49-24-12-4-13-25-49/h1-45H. The molecule has 0 aliphatic carbocycles. The zero-order chi connectivity index (χ0) is 49.4. The number of hydrogen-bond donors (Lipinski definition) is 0. The van der Waals surface area contributed by atoms with Crippen molar-refractivity contribution in [1.82, 2.24) is 23.7 Å². The van der Waals surface area contributed by atoms with E-state index < -0.39 is 0 Å². The van der Waals surface area contributed by atoms with Crippen LogP contribution in [0.25, 0.3) is 139 Å². The molecule has 75 heavy (non-hydrogen) atoms. The van der Waals surface area contributed by atoms with Crippen molar-refractivity contribution in [3.63, 3.8) is 0 Å². The van der Waals surface area contributed by atoms with Crippen molar-refractivity contribution in [2.75, 3.05) is 0 Å². The first kappa shape index (κ1) is 42.6. The highest BCUT2D eigenvalue weighted by atomic mass is 15.1. The number of para-hydroxylation sites is 2. The normalized spacial score (nSPS) is 11.7. The number of nitrogens with zero attached hydrogens (tertiary/aromatic N) is 5. The average molecular weight is 956 g/mol. The van der Waals surface area contributed by atoms with Crippen LogP contribution < -0.4 is 0 Å². The van der Waals surface area contributed by atoms with E-state index in [-0.39, 0.29) is 0 Å². The van der Waals surface area contributed by atoms with Gasteiger partial charge in [0, 0.05) is 60.9 Å². The maximum absolute atomic E-state index is 5.35. The SMILES string of the molecule is c1ccc(-c2ccc3c(c2)c2cc(-c4ccc5c(c4)c4cc(-c6ccccc6)ccc4n5-c4cc(-c5ccccc5)nc(-c5ccccc5)n4)ccc2n3-c2ccc3c(c2)c2ccccc2n3-c2ccccc2)cc1. The van der Waals surface area contributed by atoms with Gasteiger partial charge in [-0.25, -0.2) is 9.97 Å². The lowest BCUT2D eigenvalue weighted by molar-refractivity contribution is 1.05. The zero-order valence-electron chi connectivity index (χ0n) is 40.7. The predicted molar refractivity (Wildman–Crippen MR) is 312 cm³/mol. The van der Waals surface area contributed by atoms with Gasteiger partial charge in [0.05, 0.1) is 38.8 Å². The molecule has 5 nitrogen and oxygen atoms in total. The third-order valence-corrected chi connectivity index (χ3v) is 15.0. The molecule has 5 heteroatoms. The fourth-order valence-corrected chi connectivity index (χ4v) is 11.5. The summed E-state index contributed by atoms with van der Waals surface area (Å²) >= 11 is 0. The van der Waals surface area contributed by atoms with Gasteiger partial charge in [0.15, 0.2) is 5.82 Å². The van der Waals surface area contributed by atoms with Crippen LogP contribution >= 0.6 is 0 Å². The van der Waals surface area contributed by atoms with Crippen LogP contribution in [-0.2, 0) is 0 Å². The minimum absolute atomic E-state index is 0.682. The second-order valence-electron chi connectivity index (χ2n) is 19.4. The summed E-state index contributed by atoms with van der Waals surface area (Å²) in [5.74, 6) is 1.50. The number of benzene rings is 11. The average Bonchev–Trinajstić information content (AvgIpc) is 4.12. The molecule has 0 N–H and O–H groups in total. The van der Waals surface area contributed by atoms with Crippen LogP contribution in [0, 0.1) is 0 Å². The van der Waals surface area contributed by atoms with Crippen LogP contribution in [0.5, 0.6) is 0 Å². The van der Waals surface area contributed by atoms with Crippen molar-refractivity contribution in [3.8, 4) is 73.2 Å². The smallest absolute Gasteiger partial charge is 0.162 e. The van der Waals surface area contributed by atoms with Gasteiger partial charge in [-0.15, -0.1) is 0 Å². The fourth-order valence-electron chi connectivity index (χ4n) is 11.5. The minimum Gasteiger partial charge on any atom is -0.309 e. The van der Waals surface area contributed by atoms with Crippen LogP contribution in [0.1, 0.15) is 0 Å². The Kier molecular flexibility index (Phi) is 9.82. The second-order valence-corrected chi connectivity index (χ2v) is 19.4. The van der Waals surface area contributed by atoms with Crippen molar-refractivity contribution < 1.29 is 0 Å². The molecule has 0 spiro atoms. The number of aromatic nitrogens is 5. The molecule has 11 aromatic carbocycles. The molecule has 0 saturated heterocycles. The molecule has 0 amide bonds. The molecule has 0 bridgehead atoms. The summed E-state index contributed by atoms with van der Waals surface area (Å²) < 4.78 is 7.15. The van der Waals surface area contributed by atoms with E-state index in [2.05, 4.69) is 262 Å². The van der Waals surface area contributed by atoms with Crippen LogP contribution in [0.3, 0.4) is 0 Å². The van der Waals surface area contributed by atoms with E-state index >= 15 is 0 Å². The molecule has 0 aliphatic rings. The van der Waals surface area contributed by atoms with Crippen molar-refractivity contribution in [1.29, 1.82) is 0 Å². The van der Waals surface area contributed by atoms with E-state index in [0.29, 0.717) is 5.82 Å². The topological polar surface area (TPSA) is 40.6 Å². The van der Waals surface area contributed by atoms with E-state index in [1.165, 1.54) is 49.3 Å². The summed E-state index contributed by atoms with van der Waals surface area (Å²) in [6, 6.07) is 98.4. The Morgan fingerprint density at radius 2 is 0.587 bits per heavy atom. The molecular formula is C70H45N5. The summed E-state index contributed by atoms with van der Waals surface area (Å²) in [5, 5.41) is 7.16. The summed E-state index contributed by atoms with van der Waals surface area (Å²) in [6.07, 6.45) is 0. The lowest BCUT2D eigenvalue weighted by Crippen LogP contribution is -2.02. The molecule has 0 radical (unpaired) electrons. The van der Waals surface area contributed by atoms with Gasteiger partial charge in [0.1, 0.15) is 5.82 Å². The van der Waals surface area contributed by atoms with Gasteiger partial charge in [0.25, 0.3) is 0 Å². The molecule has 0 atom stereocenters. The molecule has 15 rings (SSSR count). The predicted octanol–water partition coefficient (Wildman–Crippen LogP) is 18.1. The molecule has 0 unspecified atom stereocenters. The third-order valence-electron chi connectivity index (χ3n) is 15.0. The van der Waals surface area contributed by atoms with Gasteiger partial charge in [0.2, 0.25) is 0 Å². The Morgan fingerprint density at radius 1 is 0.213 bits per heavy atom. The molecule has 0 saturated carbocycles. The zero-order valence-corrected chi connectivity index (χ0v) is 40.7. The van der Waals surface area contributed by atoms with E-state index in [4.69, 9.17) is 9.97 Å². The maximum atomic E-state index is 5.35. The van der Waals surface area contributed by atoms with E-state index in [9.17, 15) is 0 Å². The minimum atomic E-state index is 0.682. The van der Waals surface area contributed by atoms with E-state index in [0.717, 1.165) is 83.5 Å². The van der Waals surface area contributed by atoms with Gasteiger partial charge < -0.3 is 9.13 Å². The van der Waals surface area contributed by atoms with Gasteiger partial charge in [-0.1, -0.05) is 182 Å². The van der Waals surface area contributed by atoms with E-state index in [1.807, 2.05) is 24.3 Å². The van der Waals surface area contributed by atoms with Crippen LogP contribution in [0.15, 0.2) is 273 Å². The monoisotopic (exact) mass is 955 g/mol. The lowest BCUT2D eigenvalue weighted by Gasteiger charge is -2.12. The molecule has 4 aromatic heterocycles. The van der Waals surface area contributed by atoms with Crippen LogP contribution in [0.4, 0.5) is 0 Å². The fraction of sp³-hybridized carbons (Fsp3) is 0. The molecule has 0 aliphatic heterocycles. The summed E-state index contributed by atoms with van der Waals surface area (Å²) in [7, 11) is 0. The Hall–Kier alpha value is -10.1. The van der Waals surface area contributed by atoms with Crippen molar-refractivity contribution >= 4 is 65.4 Å². The largest absolute Gasteiger partial charge is 0.309 e. The number of fused-ring (bicyclic) bond motifs is 9. The van der Waals surface area contributed by atoms with E-state index in [1.54, 1.807) is 0 Å². The van der Waals surface area contributed by atoms with Crippen LogP contribution in [-0.4, -0.2) is 23.7 Å². The third kappa shape index (κ3) is 7.08. The molecule has 4 heterocycles. The molecular weight excluding hydrogens is 911 g/mol. The lowest BCUT2D eigenvalue weighted by atomic mass is 9.98. The van der Waals surface area contributed by atoms with Gasteiger partial charge in [-0.05, 0) is 118 Å². The summed E-state index contributed by atoms with van der Waals surface area (Å²) in [6.45, 7) is 0. The molecule has 350 valence electrons. The van der Waals surface area contributed by atoms with Gasteiger partial charge >= 0.3 is 0 Å². The highest BCUT2D eigenvalue weighted by Crippen LogP contribution is 2.42. The molecule has 0 fully saturated rings. The highest BCUT2D eigenvalue weighted by Gasteiger charge is 2.21. The Bertz CT molecular complexity index is 4610. The first-order valence-electron chi connectivity index (χ1n) is 25.6. The van der Waals surface area contributed by atoms with Crippen molar-refractivity contribution in [3.05, 3.63) is 273 Å². The summed E-state index contributed by atoms with van der Waals surface area (Å²) in [4.78, 5) is 10.5. The Labute approximate surface area is 433 Å². The summed E-state index contributed by atoms with van der Waals surface area (Å²) in [5.41, 5.74) is 19.0. The van der Waals surface area contributed by atoms with Crippen molar-refractivity contribution in [2.45, 2.75) is 0 Å². The number of hydrogen-bond acceptors (Lipinski definition) is 2. The maximum Gasteiger partial charge on any atom is 0.162 e. The number of rotatable bonds is 8. The first-order chi connectivity index (χ1) is 37.2. The molecule has 15 aromatic rings. The second kappa shape index (κ2) is 17.3. The van der Waals surface area contributed by atoms with Gasteiger partial charge in [-0.2, -0.15) is 0 Å². The highest BCUT2D eigenvalue weighted by molar-refractivity contribution is 6.15. The quantitative estimate of drug-likeness (QED) is 0.152.